The normalized spacial score (nSPS) is 21.0. The number of carbonyl (C=O) groups is 2. The predicted octanol–water partition coefficient (Wildman–Crippen LogP) is 1.62. The number of carbonyl (C=O) groups excluding carboxylic acids is 2. The number of anilines is 2. The van der Waals surface area contributed by atoms with Crippen molar-refractivity contribution in [3.63, 3.8) is 0 Å². The van der Waals surface area contributed by atoms with Crippen molar-refractivity contribution in [1.82, 2.24) is 20.3 Å². The summed E-state index contributed by atoms with van der Waals surface area (Å²) in [5, 5.41) is 19.1. The number of aliphatic hydroxyl groups is 1. The van der Waals surface area contributed by atoms with Gasteiger partial charge in [0.15, 0.2) is 24.0 Å². The number of methoxy groups -OCH3 is 1. The van der Waals surface area contributed by atoms with Gasteiger partial charge in [-0.05, 0) is 37.0 Å². The molecule has 1 saturated carbocycles. The van der Waals surface area contributed by atoms with E-state index in [1.54, 1.807) is 24.3 Å². The number of fused-ring (bicyclic) bond motifs is 2. The van der Waals surface area contributed by atoms with Crippen LogP contribution in [0.5, 0.6) is 11.6 Å². The summed E-state index contributed by atoms with van der Waals surface area (Å²) in [7, 11) is 1.45. The van der Waals surface area contributed by atoms with Crippen LogP contribution < -0.4 is 25.4 Å². The molecule has 0 saturated heterocycles. The molecule has 1 aliphatic heterocycles. The molecule has 0 aromatic carbocycles. The first-order valence-corrected chi connectivity index (χ1v) is 11.5. The van der Waals surface area contributed by atoms with Crippen molar-refractivity contribution in [1.29, 1.82) is 0 Å². The molecule has 0 spiro atoms. The molecule has 3 aromatic rings. The van der Waals surface area contributed by atoms with Crippen LogP contribution in [-0.4, -0.2) is 58.2 Å². The highest BCUT2D eigenvalue weighted by Gasteiger charge is 2.37. The van der Waals surface area contributed by atoms with Crippen molar-refractivity contribution in [3.05, 3.63) is 42.0 Å². The van der Waals surface area contributed by atoms with E-state index < -0.39 is 17.8 Å². The number of hydrogen-bond donors (Lipinski definition) is 4. The van der Waals surface area contributed by atoms with Crippen LogP contribution in [0.2, 0.25) is 0 Å². The molecule has 4 heterocycles. The summed E-state index contributed by atoms with van der Waals surface area (Å²) in [6.07, 6.45) is 1.05. The lowest BCUT2D eigenvalue weighted by Gasteiger charge is -2.18. The second-order valence-electron chi connectivity index (χ2n) is 8.80. The quantitative estimate of drug-likeness (QED) is 0.383. The van der Waals surface area contributed by atoms with E-state index in [0.717, 1.165) is 6.20 Å². The maximum Gasteiger partial charge on any atom is 0.263 e. The van der Waals surface area contributed by atoms with E-state index in [-0.39, 0.29) is 47.8 Å². The van der Waals surface area contributed by atoms with Gasteiger partial charge in [-0.25, -0.2) is 14.4 Å². The number of pyridine rings is 3. The first kappa shape index (κ1) is 23.8. The van der Waals surface area contributed by atoms with Crippen molar-refractivity contribution < 1.29 is 28.6 Å². The van der Waals surface area contributed by atoms with E-state index in [9.17, 15) is 19.1 Å². The van der Waals surface area contributed by atoms with Crippen LogP contribution in [0.3, 0.4) is 0 Å². The molecule has 3 atom stereocenters. The molecule has 188 valence electrons. The summed E-state index contributed by atoms with van der Waals surface area (Å²) in [6.45, 7) is 0.831. The Balaban J connectivity index is 1.19. The van der Waals surface area contributed by atoms with E-state index in [2.05, 4.69) is 30.9 Å². The minimum Gasteiger partial charge on any atom is -0.481 e. The third kappa shape index (κ3) is 4.90. The van der Waals surface area contributed by atoms with Gasteiger partial charge in [-0.1, -0.05) is 0 Å². The molecule has 4 N–H and O–H groups in total. The van der Waals surface area contributed by atoms with E-state index in [4.69, 9.17) is 9.47 Å². The highest BCUT2D eigenvalue weighted by Crippen LogP contribution is 2.33. The number of amides is 2. The van der Waals surface area contributed by atoms with Gasteiger partial charge >= 0.3 is 0 Å². The number of aromatic nitrogens is 3. The first-order valence-electron chi connectivity index (χ1n) is 11.5. The Morgan fingerprint density at radius 2 is 2.14 bits per heavy atom. The zero-order valence-electron chi connectivity index (χ0n) is 19.5. The highest BCUT2D eigenvalue weighted by molar-refractivity contribution is 6.00. The largest absolute Gasteiger partial charge is 0.481 e. The van der Waals surface area contributed by atoms with Crippen molar-refractivity contribution in [2.24, 2.45) is 11.8 Å². The Kier molecular flexibility index (Phi) is 6.61. The number of halogens is 1. The van der Waals surface area contributed by atoms with Gasteiger partial charge in [0.25, 0.3) is 5.91 Å². The van der Waals surface area contributed by atoms with Crippen LogP contribution in [0, 0.1) is 17.7 Å². The third-order valence-corrected chi connectivity index (χ3v) is 6.37. The van der Waals surface area contributed by atoms with Gasteiger partial charge in [-0.2, -0.15) is 0 Å². The molecule has 1 fully saturated rings. The molecule has 2 amide bonds. The van der Waals surface area contributed by atoms with E-state index >= 15 is 0 Å². The fraction of sp³-hybridized carbons (Fsp3) is 0.375. The molecule has 12 heteroatoms. The molecule has 11 nitrogen and oxygen atoms in total. The molecule has 0 bridgehead atoms. The Morgan fingerprint density at radius 1 is 1.28 bits per heavy atom. The minimum absolute atomic E-state index is 0.0324. The molecular formula is C24H25FN6O5. The lowest BCUT2D eigenvalue weighted by Crippen LogP contribution is -2.29. The smallest absolute Gasteiger partial charge is 0.263 e. The predicted molar refractivity (Wildman–Crippen MR) is 127 cm³/mol. The zero-order chi connectivity index (χ0) is 25.2. The van der Waals surface area contributed by atoms with Crippen LogP contribution in [0.1, 0.15) is 18.5 Å². The van der Waals surface area contributed by atoms with Gasteiger partial charge in [0, 0.05) is 25.1 Å². The molecule has 5 rings (SSSR count). The molecule has 1 aliphatic carbocycles. The van der Waals surface area contributed by atoms with Crippen molar-refractivity contribution in [3.8, 4) is 11.6 Å². The summed E-state index contributed by atoms with van der Waals surface area (Å²) in [6, 6.07) is 6.78. The second-order valence-corrected chi connectivity index (χ2v) is 8.80. The average molecular weight is 496 g/mol. The average Bonchev–Trinajstić information content (AvgIpc) is 3.25. The lowest BCUT2D eigenvalue weighted by molar-refractivity contribution is -0.120. The van der Waals surface area contributed by atoms with Gasteiger partial charge in [0.2, 0.25) is 11.8 Å². The van der Waals surface area contributed by atoms with Crippen molar-refractivity contribution in [2.75, 3.05) is 30.9 Å². The summed E-state index contributed by atoms with van der Waals surface area (Å²) >= 11 is 0. The fourth-order valence-electron chi connectivity index (χ4n) is 4.51. The number of nitrogens with one attached hydrogen (secondary N) is 3. The number of nitrogens with zero attached hydrogens (tertiary/aromatic N) is 3. The summed E-state index contributed by atoms with van der Waals surface area (Å²) in [5.74, 6) is -0.832. The fourth-order valence-corrected chi connectivity index (χ4v) is 4.51. The maximum absolute atomic E-state index is 14.6. The van der Waals surface area contributed by atoms with Crippen LogP contribution in [0.25, 0.3) is 11.0 Å². The van der Waals surface area contributed by atoms with E-state index in [0.29, 0.717) is 42.3 Å². The van der Waals surface area contributed by atoms with Gasteiger partial charge in [-0.15, -0.1) is 0 Å². The van der Waals surface area contributed by atoms with E-state index in [1.165, 1.54) is 7.11 Å². The molecule has 36 heavy (non-hydrogen) atoms. The van der Waals surface area contributed by atoms with Crippen LogP contribution in [0.4, 0.5) is 15.9 Å². The van der Waals surface area contributed by atoms with Crippen LogP contribution >= 0.6 is 0 Å². The Bertz CT molecular complexity index is 1320. The Labute approximate surface area is 205 Å². The standard InChI is InChI=1S/C24H25FN6O5/c1-35-20-5-3-16-22(30-20)21(15(25)10-27-16)31-24(34)12-6-13(17(32)7-12)8-26-9-14-2-4-18-23(28-14)29-19(33)11-36-18/h2-5,10,12-13,17,26,32H,6-9,11H2,1H3,(H,27,31,34)(H,28,29,33). The topological polar surface area (TPSA) is 148 Å². The second kappa shape index (κ2) is 9.99. The minimum atomic E-state index is -0.701. The third-order valence-electron chi connectivity index (χ3n) is 6.37. The number of hydrogen-bond acceptors (Lipinski definition) is 9. The van der Waals surface area contributed by atoms with Gasteiger partial charge in [-0.3, -0.25) is 14.6 Å². The zero-order valence-corrected chi connectivity index (χ0v) is 19.5. The SMILES string of the molecule is COc1ccc2ncc(F)c(NC(=O)C3CC(O)C(CNCc4ccc5c(n4)NC(=O)CO5)C3)c2n1. The summed E-state index contributed by atoms with van der Waals surface area (Å²) in [5.41, 5.74) is 1.25. The first-order chi connectivity index (χ1) is 17.4. The van der Waals surface area contributed by atoms with Crippen LogP contribution in [-0.2, 0) is 16.1 Å². The van der Waals surface area contributed by atoms with Gasteiger partial charge < -0.3 is 30.5 Å². The highest BCUT2D eigenvalue weighted by atomic mass is 19.1. The van der Waals surface area contributed by atoms with Crippen LogP contribution in [0.15, 0.2) is 30.5 Å². The maximum atomic E-state index is 14.6. The molecule has 3 aromatic heterocycles. The summed E-state index contributed by atoms with van der Waals surface area (Å²) < 4.78 is 25.0. The lowest BCUT2D eigenvalue weighted by atomic mass is 10.0. The number of ether oxygens (including phenoxy) is 2. The molecular weight excluding hydrogens is 471 g/mol. The van der Waals surface area contributed by atoms with Crippen molar-refractivity contribution >= 4 is 34.4 Å². The molecule has 2 aliphatic rings. The number of rotatable bonds is 7. The molecule has 3 unspecified atom stereocenters. The Morgan fingerprint density at radius 3 is 2.97 bits per heavy atom. The number of aliphatic hydroxyl groups excluding tert-OH is 1. The summed E-state index contributed by atoms with van der Waals surface area (Å²) in [4.78, 5) is 37.1. The molecule has 0 radical (unpaired) electrons. The Hall–Kier alpha value is -3.90. The van der Waals surface area contributed by atoms with Crippen molar-refractivity contribution in [2.45, 2.75) is 25.5 Å². The monoisotopic (exact) mass is 496 g/mol. The van der Waals surface area contributed by atoms with Gasteiger partial charge in [0.05, 0.1) is 30.6 Å². The van der Waals surface area contributed by atoms with Gasteiger partial charge in [0.1, 0.15) is 11.2 Å². The van der Waals surface area contributed by atoms with E-state index in [1.807, 2.05) is 0 Å².